The van der Waals surface area contributed by atoms with Crippen LogP contribution in [0.5, 0.6) is 5.75 Å². The Kier molecular flexibility index (Phi) is 10.1. The number of ether oxygens (including phenoxy) is 1. The minimum Gasteiger partial charge on any atom is -0.497 e. The summed E-state index contributed by atoms with van der Waals surface area (Å²) in [6.45, 7) is 5.14. The first-order valence-corrected chi connectivity index (χ1v) is 13.3. The lowest BCUT2D eigenvalue weighted by atomic mass is 10.1. The van der Waals surface area contributed by atoms with E-state index >= 15 is 0 Å². The number of nitrogens with zero attached hydrogens (tertiary/aromatic N) is 2. The smallest absolute Gasteiger partial charge is 0.244 e. The van der Waals surface area contributed by atoms with Gasteiger partial charge in [-0.3, -0.25) is 13.9 Å². The first-order valence-electron chi connectivity index (χ1n) is 11.5. The Hall–Kier alpha value is -3.14. The van der Waals surface area contributed by atoms with E-state index in [1.807, 2.05) is 13.8 Å². The molecular weight excluding hydrogens is 473 g/mol. The number of rotatable bonds is 12. The highest BCUT2D eigenvalue weighted by molar-refractivity contribution is 7.92. The van der Waals surface area contributed by atoms with Gasteiger partial charge in [-0.25, -0.2) is 12.8 Å². The molecule has 0 aliphatic heterocycles. The predicted octanol–water partition coefficient (Wildman–Crippen LogP) is 3.32. The molecule has 2 aromatic rings. The Morgan fingerprint density at radius 3 is 2.29 bits per heavy atom. The minimum absolute atomic E-state index is 0.0729. The summed E-state index contributed by atoms with van der Waals surface area (Å²) < 4.78 is 44.7. The number of nitrogens with one attached hydrogen (secondary N) is 1. The third-order valence-electron chi connectivity index (χ3n) is 5.67. The molecule has 0 saturated carbocycles. The molecule has 0 spiro atoms. The number of halogens is 1. The maximum atomic E-state index is 13.6. The van der Waals surface area contributed by atoms with Crippen LogP contribution in [-0.2, 0) is 26.2 Å². The summed E-state index contributed by atoms with van der Waals surface area (Å²) in [5.74, 6) is -0.809. The quantitative estimate of drug-likeness (QED) is 0.476. The zero-order valence-corrected chi connectivity index (χ0v) is 21.6. The van der Waals surface area contributed by atoms with Gasteiger partial charge >= 0.3 is 0 Å². The Labute approximate surface area is 207 Å². The van der Waals surface area contributed by atoms with Gasteiger partial charge in [0.15, 0.2) is 0 Å². The predicted molar refractivity (Wildman–Crippen MR) is 134 cm³/mol. The lowest BCUT2D eigenvalue weighted by molar-refractivity contribution is -0.140. The highest BCUT2D eigenvalue weighted by atomic mass is 32.2. The van der Waals surface area contributed by atoms with Crippen LogP contribution in [0, 0.1) is 5.82 Å². The number of amides is 2. The number of carbonyl (C=O) groups excluding carboxylic acids is 2. The molecule has 0 radical (unpaired) electrons. The Morgan fingerprint density at radius 2 is 1.74 bits per heavy atom. The number of carbonyl (C=O) groups is 2. The fraction of sp³-hybridized carbons (Fsp3) is 0.440. The Balaban J connectivity index is 2.44. The average molecular weight is 508 g/mol. The van der Waals surface area contributed by atoms with Gasteiger partial charge in [-0.15, -0.1) is 0 Å². The summed E-state index contributed by atoms with van der Waals surface area (Å²) in [5.41, 5.74) is 0.876. The molecule has 0 aliphatic carbocycles. The van der Waals surface area contributed by atoms with Gasteiger partial charge in [0.05, 0.1) is 19.1 Å². The molecule has 2 atom stereocenters. The van der Waals surface area contributed by atoms with E-state index in [9.17, 15) is 22.4 Å². The van der Waals surface area contributed by atoms with Crippen molar-refractivity contribution in [2.75, 3.05) is 24.2 Å². The molecule has 8 nitrogen and oxygen atoms in total. The van der Waals surface area contributed by atoms with Crippen LogP contribution < -0.4 is 14.4 Å². The number of sulfonamides is 1. The van der Waals surface area contributed by atoms with Crippen molar-refractivity contribution in [1.29, 1.82) is 0 Å². The molecule has 0 heterocycles. The van der Waals surface area contributed by atoms with Crippen molar-refractivity contribution in [3.63, 3.8) is 0 Å². The Bertz CT molecular complexity index is 1110. The highest BCUT2D eigenvalue weighted by Crippen LogP contribution is 2.21. The first kappa shape index (κ1) is 28.1. The molecule has 0 aromatic heterocycles. The standard InChI is InChI=1S/C25H34FN3O5S/c1-6-18(3)27-25(31)23(7-2)28(16-19-9-8-10-22(15-19)34-4)24(30)17-29(35(5,32)33)21-13-11-20(26)12-14-21/h8-15,18,23H,6-7,16-17H2,1-5H3,(H,27,31). The number of hydrogen-bond donors (Lipinski definition) is 1. The molecule has 10 heteroatoms. The van der Waals surface area contributed by atoms with Crippen LogP contribution in [-0.4, -0.2) is 57.1 Å². The summed E-state index contributed by atoms with van der Waals surface area (Å²) >= 11 is 0. The van der Waals surface area contributed by atoms with Gasteiger partial charge in [0, 0.05) is 12.6 Å². The second-order valence-electron chi connectivity index (χ2n) is 8.36. The van der Waals surface area contributed by atoms with E-state index in [1.165, 1.54) is 24.1 Å². The van der Waals surface area contributed by atoms with Crippen molar-refractivity contribution in [3.8, 4) is 5.75 Å². The van der Waals surface area contributed by atoms with E-state index in [0.717, 1.165) is 34.7 Å². The van der Waals surface area contributed by atoms with Gasteiger partial charge in [0.1, 0.15) is 24.2 Å². The SMILES string of the molecule is CCC(C)NC(=O)C(CC)N(Cc1cccc(OC)c1)C(=O)CN(c1ccc(F)cc1)S(C)(=O)=O. The number of hydrogen-bond acceptors (Lipinski definition) is 5. The molecular formula is C25H34FN3O5S. The fourth-order valence-corrected chi connectivity index (χ4v) is 4.40. The second kappa shape index (κ2) is 12.5. The molecule has 35 heavy (non-hydrogen) atoms. The first-order chi connectivity index (χ1) is 16.5. The topological polar surface area (TPSA) is 96.0 Å². The van der Waals surface area contributed by atoms with Crippen LogP contribution in [0.15, 0.2) is 48.5 Å². The second-order valence-corrected chi connectivity index (χ2v) is 10.3. The van der Waals surface area contributed by atoms with E-state index in [1.54, 1.807) is 31.2 Å². The van der Waals surface area contributed by atoms with Crippen molar-refractivity contribution < 1.29 is 27.1 Å². The van der Waals surface area contributed by atoms with Gasteiger partial charge < -0.3 is 15.0 Å². The summed E-state index contributed by atoms with van der Waals surface area (Å²) in [5, 5.41) is 2.91. The zero-order chi connectivity index (χ0) is 26.2. The molecule has 1 N–H and O–H groups in total. The van der Waals surface area contributed by atoms with E-state index in [4.69, 9.17) is 4.74 Å². The molecule has 2 aromatic carbocycles. The molecule has 2 rings (SSSR count). The van der Waals surface area contributed by atoms with Crippen LogP contribution in [0.3, 0.4) is 0 Å². The van der Waals surface area contributed by atoms with Crippen LogP contribution in [0.4, 0.5) is 10.1 Å². The van der Waals surface area contributed by atoms with Crippen molar-refractivity contribution in [2.24, 2.45) is 0 Å². The van der Waals surface area contributed by atoms with E-state index in [2.05, 4.69) is 5.32 Å². The number of methoxy groups -OCH3 is 1. The van der Waals surface area contributed by atoms with Crippen LogP contribution in [0.1, 0.15) is 39.2 Å². The third-order valence-corrected chi connectivity index (χ3v) is 6.81. The van der Waals surface area contributed by atoms with Crippen molar-refractivity contribution in [1.82, 2.24) is 10.2 Å². The number of benzene rings is 2. The molecule has 0 fully saturated rings. The highest BCUT2D eigenvalue weighted by Gasteiger charge is 2.32. The number of anilines is 1. The lowest BCUT2D eigenvalue weighted by Crippen LogP contribution is -2.53. The average Bonchev–Trinajstić information content (AvgIpc) is 2.82. The third kappa shape index (κ3) is 7.95. The van der Waals surface area contributed by atoms with Crippen molar-refractivity contribution in [3.05, 3.63) is 59.9 Å². The molecule has 192 valence electrons. The van der Waals surface area contributed by atoms with Gasteiger partial charge in [-0.1, -0.05) is 26.0 Å². The largest absolute Gasteiger partial charge is 0.497 e. The molecule has 0 bridgehead atoms. The van der Waals surface area contributed by atoms with E-state index in [-0.39, 0.29) is 24.2 Å². The van der Waals surface area contributed by atoms with Crippen LogP contribution >= 0.6 is 0 Å². The van der Waals surface area contributed by atoms with Gasteiger partial charge in [-0.2, -0.15) is 0 Å². The maximum Gasteiger partial charge on any atom is 0.244 e. The van der Waals surface area contributed by atoms with Gasteiger partial charge in [0.25, 0.3) is 0 Å². The maximum absolute atomic E-state index is 13.6. The fourth-order valence-electron chi connectivity index (χ4n) is 3.55. The Morgan fingerprint density at radius 1 is 1.09 bits per heavy atom. The van der Waals surface area contributed by atoms with Crippen molar-refractivity contribution >= 4 is 27.5 Å². The molecule has 0 saturated heterocycles. The molecule has 0 aliphatic rings. The van der Waals surface area contributed by atoms with E-state index < -0.39 is 34.3 Å². The van der Waals surface area contributed by atoms with Gasteiger partial charge in [-0.05, 0) is 61.7 Å². The zero-order valence-electron chi connectivity index (χ0n) is 20.8. The minimum atomic E-state index is -3.88. The van der Waals surface area contributed by atoms with E-state index in [0.29, 0.717) is 12.2 Å². The molecule has 2 amide bonds. The summed E-state index contributed by atoms with van der Waals surface area (Å²) in [6, 6.07) is 11.0. The monoisotopic (exact) mass is 507 g/mol. The normalized spacial score (nSPS) is 13.0. The van der Waals surface area contributed by atoms with Crippen LogP contribution in [0.25, 0.3) is 0 Å². The summed E-state index contributed by atoms with van der Waals surface area (Å²) in [4.78, 5) is 28.1. The van der Waals surface area contributed by atoms with Crippen LogP contribution in [0.2, 0.25) is 0 Å². The molecule has 2 unspecified atom stereocenters. The van der Waals surface area contributed by atoms with Crippen molar-refractivity contribution in [2.45, 2.75) is 52.2 Å². The summed E-state index contributed by atoms with van der Waals surface area (Å²) in [6.07, 6.45) is 2.02. The van der Waals surface area contributed by atoms with Gasteiger partial charge in [0.2, 0.25) is 21.8 Å². The summed E-state index contributed by atoms with van der Waals surface area (Å²) in [7, 11) is -2.34. The lowest BCUT2D eigenvalue weighted by Gasteiger charge is -2.33.